The number of sulfonamides is 2. The number of aliphatic hydroxyl groups is 2. The molecule has 35 heteroatoms. The summed E-state index contributed by atoms with van der Waals surface area (Å²) in [6.07, 6.45) is 6.24. The van der Waals surface area contributed by atoms with Crippen molar-refractivity contribution in [3.8, 4) is 0 Å². The van der Waals surface area contributed by atoms with Crippen LogP contribution in [0.4, 0.5) is 5.95 Å². The van der Waals surface area contributed by atoms with E-state index in [0.717, 1.165) is 57.2 Å². The van der Waals surface area contributed by atoms with Crippen molar-refractivity contribution in [2.24, 2.45) is 17.8 Å². The number of nitrogens with zero attached hydrogens (tertiary/aromatic N) is 10. The highest BCUT2D eigenvalue weighted by Gasteiger charge is 2.42. The Morgan fingerprint density at radius 2 is 0.948 bits per heavy atom. The van der Waals surface area contributed by atoms with Gasteiger partial charge in [0.05, 0.1) is 35.4 Å². The third kappa shape index (κ3) is 22.7. The minimum absolute atomic E-state index is 0.00227. The summed E-state index contributed by atoms with van der Waals surface area (Å²) in [5.41, 5.74) is -0.701. The van der Waals surface area contributed by atoms with Gasteiger partial charge in [0.2, 0.25) is 29.0 Å². The van der Waals surface area contributed by atoms with Crippen LogP contribution in [-0.2, 0) is 54.7 Å². The van der Waals surface area contributed by atoms with Gasteiger partial charge in [0.15, 0.2) is 0 Å². The van der Waals surface area contributed by atoms with Crippen LogP contribution in [0.2, 0.25) is 5.28 Å². The molecule has 5 aromatic heterocycles. The Morgan fingerprint density at radius 3 is 1.34 bits per heavy atom. The van der Waals surface area contributed by atoms with E-state index in [1.807, 2.05) is 32.6 Å². The normalized spacial score (nSPS) is 23.1. The van der Waals surface area contributed by atoms with E-state index in [2.05, 4.69) is 80.4 Å². The molecule has 27 nitrogen and oxygen atoms in total. The second-order valence-corrected chi connectivity index (χ2v) is 36.7. The third-order valence-corrected chi connectivity index (χ3v) is 26.6. The lowest BCUT2D eigenvalue weighted by Gasteiger charge is -2.45. The van der Waals surface area contributed by atoms with Crippen molar-refractivity contribution >= 4 is 109 Å². The molecule has 11 rings (SSSR count). The molecule has 540 valence electrons. The van der Waals surface area contributed by atoms with Crippen molar-refractivity contribution in [1.29, 1.82) is 0 Å². The van der Waals surface area contributed by atoms with Gasteiger partial charge in [-0.1, -0.05) is 59.7 Å². The van der Waals surface area contributed by atoms with E-state index < -0.39 is 40.3 Å². The number of hydrogen-bond donors (Lipinski definition) is 8. The summed E-state index contributed by atoms with van der Waals surface area (Å²) in [7, 11) is -5.52. The number of hydrogen-bond acceptors (Lipinski definition) is 25. The Morgan fingerprint density at radius 1 is 0.536 bits per heavy atom. The summed E-state index contributed by atoms with van der Waals surface area (Å²) in [5, 5.41) is 44.3. The number of nitrogens with one attached hydrogen (secondary N) is 6. The molecule has 0 aromatic carbocycles. The lowest BCUT2D eigenvalue weighted by molar-refractivity contribution is -0.131. The van der Waals surface area contributed by atoms with Crippen LogP contribution in [0.5, 0.6) is 0 Å². The Bertz CT molecular complexity index is 3600. The lowest BCUT2D eigenvalue weighted by atomic mass is 9.98. The first kappa shape index (κ1) is 79.8. The molecule has 6 aliphatic heterocycles. The van der Waals surface area contributed by atoms with Gasteiger partial charge in [-0.3, -0.25) is 29.1 Å². The zero-order valence-electron chi connectivity index (χ0n) is 56.7. The zero-order valence-corrected chi connectivity index (χ0v) is 63.1. The van der Waals surface area contributed by atoms with Gasteiger partial charge in [0.1, 0.15) is 12.6 Å². The first-order chi connectivity index (χ1) is 45.7. The molecule has 0 saturated carbocycles. The molecule has 3 amide bonds. The Labute approximate surface area is 593 Å². The van der Waals surface area contributed by atoms with E-state index in [0.29, 0.717) is 103 Å². The van der Waals surface area contributed by atoms with Crippen LogP contribution in [0.3, 0.4) is 0 Å². The molecule has 97 heavy (non-hydrogen) atoms. The molecular formula is C62H96Cl2N16O11S6. The fourth-order valence-corrected chi connectivity index (χ4v) is 19.3. The Hall–Kier alpha value is -4.50. The van der Waals surface area contributed by atoms with Gasteiger partial charge in [-0.25, -0.2) is 45.2 Å². The van der Waals surface area contributed by atoms with E-state index in [4.69, 9.17) is 22.3 Å². The summed E-state index contributed by atoms with van der Waals surface area (Å²) in [5.74, 6) is 1.44. The number of thiophene rings is 3. The molecule has 3 unspecified atom stereocenters. The molecule has 5 aromatic rings. The Balaban J connectivity index is 0.000000186. The highest BCUT2D eigenvalue weighted by molar-refractivity contribution is 8.15. The number of anilines is 1. The molecule has 11 heterocycles. The molecule has 8 N–H and O–H groups in total. The van der Waals surface area contributed by atoms with Crippen LogP contribution in [0.1, 0.15) is 80.4 Å². The standard InChI is InChI=1S/C23H34N6O4S2.C16H26N4O3S2.C12H24N4O.C7H9ClN2O.C4H3ClO2S2/c1-16(2)20-21(30)24-7-8-27(20)14-18-15-28(35(32,33)19-6-5-11-34-19)9-10-29(18)22-25-12-17(13-26-22)23(3,4)31;1-12(2)15-16(21)18-5-7-19(15)10-13-11-20(8-6-17-13)25(22,23)14-4-3-9-24-14;1-9(2)11-12(17)15-5-6-16(11)8-10-7-13-3-4-14-10;1-7(2,11)5-3-9-6(8)10-4-5;5-9(6,7)4-2-1-3-8-4/h5-6,11-13,16,18,20,31H,7-10,14-15H2,1-4H3,(H,24,30);3-4,9,12-13,15,17H,5-8,10-11H2,1-2H3,(H,18,21);9-11,13-14H,3-8H2,1-2H3,(H,15,17);3-4,11H,1-2H3;1-3H/t18-,20?;13-,15?;10-,11?;;/m001../s1. The molecule has 0 spiro atoms. The first-order valence-corrected chi connectivity index (χ1v) is 40.7. The predicted octanol–water partition coefficient (Wildman–Crippen LogP) is 3.31. The van der Waals surface area contributed by atoms with Crippen LogP contribution >= 0.6 is 56.3 Å². The van der Waals surface area contributed by atoms with E-state index in [1.165, 1.54) is 45.4 Å². The van der Waals surface area contributed by atoms with Gasteiger partial charge in [-0.15, -0.1) is 34.0 Å². The molecule has 6 fully saturated rings. The third-order valence-electron chi connectivity index (χ3n) is 17.0. The maximum absolute atomic E-state index is 13.3. The van der Waals surface area contributed by atoms with Crippen molar-refractivity contribution in [3.63, 3.8) is 0 Å². The van der Waals surface area contributed by atoms with Crippen molar-refractivity contribution in [1.82, 2.24) is 75.1 Å². The SMILES string of the molecule is CC(C)(O)c1cnc(Cl)nc1.CC(C)C1C(=O)NCCN1C[C@H]1CN(S(=O)(=O)c2cccs2)CCN1.CC(C)C1C(=O)NCCN1C[C@H]1CN(S(=O)(=O)c2cccs2)CCN1c1ncc(C(C)(C)O)cn1.CC(C)C1C(=O)NCCN1C[C@H]1CNCCN1.O=S(=O)(Cl)c1cccs1. The van der Waals surface area contributed by atoms with Gasteiger partial charge >= 0.3 is 0 Å². The molecule has 6 aliphatic rings. The van der Waals surface area contributed by atoms with Crippen LogP contribution in [0.25, 0.3) is 0 Å². The number of amides is 3. The molecule has 0 radical (unpaired) electrons. The van der Waals surface area contributed by atoms with Gasteiger partial charge < -0.3 is 47.0 Å². The topological polar surface area (TPSA) is 337 Å². The number of piperazine rings is 6. The van der Waals surface area contributed by atoms with Crippen LogP contribution in [-0.4, -0.2) is 250 Å². The second kappa shape index (κ2) is 35.9. The number of carbonyl (C=O) groups is 3. The molecule has 6 saturated heterocycles. The van der Waals surface area contributed by atoms with Crippen molar-refractivity contribution < 1.29 is 49.9 Å². The summed E-state index contributed by atoms with van der Waals surface area (Å²) in [6, 6.07) is 9.72. The summed E-state index contributed by atoms with van der Waals surface area (Å²) in [4.78, 5) is 61.9. The van der Waals surface area contributed by atoms with E-state index in [-0.39, 0.29) is 75.8 Å². The average Bonchev–Trinajstić information content (AvgIpc) is 1.68. The van der Waals surface area contributed by atoms with Gasteiger partial charge in [0.25, 0.3) is 29.1 Å². The zero-order chi connectivity index (χ0) is 71.0. The number of aromatic nitrogens is 4. The molecule has 0 aliphatic carbocycles. The molecular weight excluding hydrogens is 1410 g/mol. The Kier molecular flexibility index (Phi) is 29.5. The second-order valence-electron chi connectivity index (χ2n) is 26.4. The number of carbonyl (C=O) groups excluding carboxylic acids is 3. The quantitative estimate of drug-likeness (QED) is 0.0489. The summed E-state index contributed by atoms with van der Waals surface area (Å²) in [6.45, 7) is 31.2. The van der Waals surface area contributed by atoms with Crippen molar-refractivity contribution in [3.05, 3.63) is 93.7 Å². The monoisotopic (exact) mass is 1500 g/mol. The fourth-order valence-electron chi connectivity index (χ4n) is 12.2. The predicted molar refractivity (Wildman–Crippen MR) is 380 cm³/mol. The van der Waals surface area contributed by atoms with Crippen LogP contribution in [0, 0.1) is 17.8 Å². The minimum Gasteiger partial charge on any atom is -0.386 e. The van der Waals surface area contributed by atoms with Gasteiger partial charge in [-0.2, -0.15) is 8.61 Å². The van der Waals surface area contributed by atoms with Gasteiger partial charge in [0, 0.05) is 176 Å². The van der Waals surface area contributed by atoms with Crippen molar-refractivity contribution in [2.45, 2.75) is 129 Å². The highest BCUT2D eigenvalue weighted by Crippen LogP contribution is 2.29. The van der Waals surface area contributed by atoms with E-state index in [9.17, 15) is 49.9 Å². The van der Waals surface area contributed by atoms with Gasteiger partial charge in [-0.05, 0) is 91.4 Å². The smallest absolute Gasteiger partial charge is 0.270 e. The fraction of sp³-hybridized carbons (Fsp3) is 0.629. The number of halogens is 2. The highest BCUT2D eigenvalue weighted by atomic mass is 35.7. The summed E-state index contributed by atoms with van der Waals surface area (Å²) < 4.78 is 77.0. The van der Waals surface area contributed by atoms with E-state index >= 15 is 0 Å². The molecule has 0 bridgehead atoms. The maximum atomic E-state index is 13.3. The average molecular weight is 1500 g/mol. The van der Waals surface area contributed by atoms with E-state index in [1.54, 1.807) is 90.9 Å². The summed E-state index contributed by atoms with van der Waals surface area (Å²) >= 11 is 9.03. The minimum atomic E-state index is -3.61. The first-order valence-electron chi connectivity index (χ1n) is 32.5. The van der Waals surface area contributed by atoms with Crippen molar-refractivity contribution in [2.75, 3.05) is 123 Å². The maximum Gasteiger partial charge on any atom is 0.270 e. The lowest BCUT2D eigenvalue weighted by Crippen LogP contribution is -2.64. The van der Waals surface area contributed by atoms with Crippen LogP contribution in [0.15, 0.2) is 90.0 Å². The molecule has 6 atom stereocenters. The number of rotatable bonds is 17. The van der Waals surface area contributed by atoms with Crippen LogP contribution < -0.4 is 36.8 Å². The largest absolute Gasteiger partial charge is 0.386 e.